The van der Waals surface area contributed by atoms with Crippen LogP contribution in [0.1, 0.15) is 37.8 Å². The first-order valence-electron chi connectivity index (χ1n) is 11.0. The van der Waals surface area contributed by atoms with Gasteiger partial charge >= 0.3 is 0 Å². The van der Waals surface area contributed by atoms with E-state index in [4.69, 9.17) is 4.74 Å². The molecule has 0 saturated heterocycles. The van der Waals surface area contributed by atoms with Gasteiger partial charge in [-0.15, -0.1) is 0 Å². The first kappa shape index (κ1) is 20.9. The van der Waals surface area contributed by atoms with Crippen molar-refractivity contribution in [1.29, 1.82) is 0 Å². The number of ether oxygens (including phenoxy) is 1. The number of benzene rings is 1. The molecule has 0 bridgehead atoms. The Morgan fingerprint density at radius 1 is 1.13 bits per heavy atom. The molecule has 5 atom stereocenters. The van der Waals surface area contributed by atoms with Crippen molar-refractivity contribution < 1.29 is 13.9 Å². The normalized spacial score (nSPS) is 28.9. The summed E-state index contributed by atoms with van der Waals surface area (Å²) in [4.78, 5) is 16.6. The maximum atomic E-state index is 13.5. The minimum atomic E-state index is -0.249. The molecular formula is C26H30FNO2. The van der Waals surface area contributed by atoms with Crippen molar-refractivity contribution in [1.82, 2.24) is 4.98 Å². The number of aromatic nitrogens is 1. The number of carbonyl (C=O) groups is 1. The Hall–Kier alpha value is -2.33. The third kappa shape index (κ3) is 4.54. The number of allylic oxidation sites excluding steroid dienone is 1. The second-order valence-electron chi connectivity index (χ2n) is 8.79. The molecule has 4 heteroatoms. The van der Waals surface area contributed by atoms with Gasteiger partial charge in [-0.25, -0.2) is 4.39 Å². The topological polar surface area (TPSA) is 39.2 Å². The molecule has 2 aliphatic rings. The predicted octanol–water partition coefficient (Wildman–Crippen LogP) is 5.80. The highest BCUT2D eigenvalue weighted by atomic mass is 19.1. The highest BCUT2D eigenvalue weighted by Gasteiger charge is 2.43. The Morgan fingerprint density at radius 2 is 2.00 bits per heavy atom. The summed E-state index contributed by atoms with van der Waals surface area (Å²) in [5.74, 6) is 1.56. The molecule has 2 saturated carbocycles. The molecule has 0 spiro atoms. The van der Waals surface area contributed by atoms with E-state index in [2.05, 4.69) is 17.1 Å². The molecule has 2 fully saturated rings. The molecule has 0 N–H and O–H groups in total. The lowest BCUT2D eigenvalue weighted by molar-refractivity contribution is -0.119. The highest BCUT2D eigenvalue weighted by molar-refractivity contribution is 5.64. The number of aldehydes is 1. The van der Waals surface area contributed by atoms with Crippen LogP contribution in [-0.4, -0.2) is 25.0 Å². The van der Waals surface area contributed by atoms with Gasteiger partial charge in [0.2, 0.25) is 0 Å². The van der Waals surface area contributed by atoms with Gasteiger partial charge in [0.15, 0.2) is 0 Å². The lowest BCUT2D eigenvalue weighted by Crippen LogP contribution is -2.43. The Balaban J connectivity index is 1.54. The fraction of sp³-hybridized carbons (Fsp3) is 0.462. The van der Waals surface area contributed by atoms with Crippen LogP contribution in [0.25, 0.3) is 17.2 Å². The van der Waals surface area contributed by atoms with Crippen molar-refractivity contribution in [2.24, 2.45) is 29.6 Å². The average Bonchev–Trinajstić information content (AvgIpc) is 2.78. The fourth-order valence-corrected chi connectivity index (χ4v) is 5.60. The van der Waals surface area contributed by atoms with Crippen LogP contribution in [0.5, 0.6) is 0 Å². The molecule has 30 heavy (non-hydrogen) atoms. The number of fused-ring (bicyclic) bond motifs is 1. The van der Waals surface area contributed by atoms with Crippen molar-refractivity contribution in [2.75, 3.05) is 13.7 Å². The van der Waals surface area contributed by atoms with Gasteiger partial charge in [-0.1, -0.05) is 43.5 Å². The summed E-state index contributed by atoms with van der Waals surface area (Å²) in [6.07, 6.45) is 13.3. The van der Waals surface area contributed by atoms with Crippen LogP contribution >= 0.6 is 0 Å². The van der Waals surface area contributed by atoms with Crippen LogP contribution in [0.15, 0.2) is 48.7 Å². The zero-order valence-electron chi connectivity index (χ0n) is 17.5. The van der Waals surface area contributed by atoms with E-state index in [1.807, 2.05) is 18.2 Å². The zero-order valence-corrected chi connectivity index (χ0v) is 17.5. The largest absolute Gasteiger partial charge is 0.384 e. The SMILES string of the molecule is COCC1CC2CCCCC2C(/C=C/c2ccc(-c3cccc(F)c3)cn2)C1C=O. The number of halogens is 1. The molecule has 158 valence electrons. The summed E-state index contributed by atoms with van der Waals surface area (Å²) < 4.78 is 18.9. The molecule has 1 aromatic carbocycles. The van der Waals surface area contributed by atoms with E-state index < -0.39 is 0 Å². The second kappa shape index (κ2) is 9.65. The summed E-state index contributed by atoms with van der Waals surface area (Å²) in [5.41, 5.74) is 2.57. The van der Waals surface area contributed by atoms with Crippen LogP contribution in [0.3, 0.4) is 0 Å². The van der Waals surface area contributed by atoms with Crippen LogP contribution < -0.4 is 0 Å². The summed E-state index contributed by atoms with van der Waals surface area (Å²) in [5, 5.41) is 0. The molecule has 1 heterocycles. The third-order valence-corrected chi connectivity index (χ3v) is 7.03. The number of hydrogen-bond donors (Lipinski definition) is 0. The Kier molecular flexibility index (Phi) is 6.73. The summed E-state index contributed by atoms with van der Waals surface area (Å²) in [7, 11) is 1.73. The van der Waals surface area contributed by atoms with Crippen LogP contribution in [-0.2, 0) is 9.53 Å². The van der Waals surface area contributed by atoms with Crippen molar-refractivity contribution in [3.05, 3.63) is 60.2 Å². The van der Waals surface area contributed by atoms with Crippen molar-refractivity contribution in [2.45, 2.75) is 32.1 Å². The smallest absolute Gasteiger partial charge is 0.124 e. The van der Waals surface area contributed by atoms with Gasteiger partial charge in [-0.3, -0.25) is 4.98 Å². The molecule has 0 aliphatic heterocycles. The van der Waals surface area contributed by atoms with E-state index in [9.17, 15) is 9.18 Å². The van der Waals surface area contributed by atoms with E-state index >= 15 is 0 Å². The van der Waals surface area contributed by atoms with Gasteiger partial charge in [-0.2, -0.15) is 0 Å². The van der Waals surface area contributed by atoms with Gasteiger partial charge in [0.05, 0.1) is 5.69 Å². The lowest BCUT2D eigenvalue weighted by Gasteiger charge is -2.47. The molecule has 2 aliphatic carbocycles. The molecule has 3 nitrogen and oxygen atoms in total. The zero-order chi connectivity index (χ0) is 20.9. The monoisotopic (exact) mass is 407 g/mol. The van der Waals surface area contributed by atoms with Crippen molar-refractivity contribution in [3.8, 4) is 11.1 Å². The van der Waals surface area contributed by atoms with E-state index in [0.29, 0.717) is 24.4 Å². The third-order valence-electron chi connectivity index (χ3n) is 7.03. The number of rotatable bonds is 6. The maximum absolute atomic E-state index is 13.5. The highest BCUT2D eigenvalue weighted by Crippen LogP contribution is 2.49. The Labute approximate surface area is 178 Å². The maximum Gasteiger partial charge on any atom is 0.124 e. The van der Waals surface area contributed by atoms with Crippen LogP contribution in [0, 0.1) is 35.4 Å². The van der Waals surface area contributed by atoms with E-state index in [-0.39, 0.29) is 17.7 Å². The van der Waals surface area contributed by atoms with E-state index in [0.717, 1.165) is 29.5 Å². The standard InChI is InChI=1S/C26H30FNO2/c1-30-17-21-13-19-5-2-3-8-24(19)25(26(21)16-29)12-11-23-10-9-20(15-28-23)18-6-4-7-22(27)14-18/h4,6-7,9-12,14-16,19,21,24-26H,2-3,5,8,13,17H2,1H3/b12-11+. The predicted molar refractivity (Wildman–Crippen MR) is 117 cm³/mol. The number of methoxy groups -OCH3 is 1. The summed E-state index contributed by atoms with van der Waals surface area (Å²) >= 11 is 0. The molecule has 5 unspecified atom stereocenters. The van der Waals surface area contributed by atoms with Gasteiger partial charge < -0.3 is 9.53 Å². The molecule has 0 radical (unpaired) electrons. The number of carbonyl (C=O) groups excluding carboxylic acids is 1. The van der Waals surface area contributed by atoms with Crippen LogP contribution in [0.4, 0.5) is 4.39 Å². The molecule has 0 amide bonds. The lowest BCUT2D eigenvalue weighted by atomic mass is 9.58. The fourth-order valence-electron chi connectivity index (χ4n) is 5.60. The second-order valence-corrected chi connectivity index (χ2v) is 8.79. The van der Waals surface area contributed by atoms with Crippen molar-refractivity contribution >= 4 is 12.4 Å². The van der Waals surface area contributed by atoms with Gasteiger partial charge in [0, 0.05) is 31.4 Å². The van der Waals surface area contributed by atoms with E-state index in [1.54, 1.807) is 19.4 Å². The van der Waals surface area contributed by atoms with Crippen molar-refractivity contribution in [3.63, 3.8) is 0 Å². The molecule has 1 aromatic heterocycles. The first-order valence-corrected chi connectivity index (χ1v) is 11.0. The number of pyridine rings is 1. The minimum absolute atomic E-state index is 0.00659. The van der Waals surface area contributed by atoms with Gasteiger partial charge in [-0.05, 0) is 66.4 Å². The Bertz CT molecular complexity index is 879. The number of hydrogen-bond acceptors (Lipinski definition) is 3. The molecule has 4 rings (SSSR count). The molecular weight excluding hydrogens is 377 g/mol. The van der Waals surface area contributed by atoms with Gasteiger partial charge in [0.1, 0.15) is 12.1 Å². The van der Waals surface area contributed by atoms with E-state index in [1.165, 1.54) is 37.8 Å². The summed E-state index contributed by atoms with van der Waals surface area (Å²) in [6, 6.07) is 10.5. The number of nitrogens with zero attached hydrogens (tertiary/aromatic N) is 1. The average molecular weight is 408 g/mol. The molecule has 2 aromatic rings. The Morgan fingerprint density at radius 3 is 2.73 bits per heavy atom. The minimum Gasteiger partial charge on any atom is -0.384 e. The van der Waals surface area contributed by atoms with Crippen LogP contribution in [0.2, 0.25) is 0 Å². The first-order chi connectivity index (χ1) is 14.7. The van der Waals surface area contributed by atoms with Gasteiger partial charge in [0.25, 0.3) is 0 Å². The summed E-state index contributed by atoms with van der Waals surface area (Å²) in [6.45, 7) is 0.650. The quantitative estimate of drug-likeness (QED) is 0.568.